The SMILES string of the molecule is O=C(Nc1cccnc1)N1CCC(Oc2ccc(Oc3ccccc3)cc2)CC1. The summed E-state index contributed by atoms with van der Waals surface area (Å²) in [7, 11) is 0. The standard InChI is InChI=1S/C23H23N3O3/c27-23(25-18-5-4-14-24-17-18)26-15-12-22(13-16-26)29-21-10-8-20(9-11-21)28-19-6-2-1-3-7-19/h1-11,14,17,22H,12-13,15-16H2,(H,25,27). The van der Waals surface area contributed by atoms with E-state index < -0.39 is 0 Å². The second kappa shape index (κ2) is 9.10. The average Bonchev–Trinajstić information content (AvgIpc) is 2.77. The highest BCUT2D eigenvalue weighted by Crippen LogP contribution is 2.25. The van der Waals surface area contributed by atoms with Crippen LogP contribution < -0.4 is 14.8 Å². The van der Waals surface area contributed by atoms with E-state index in [-0.39, 0.29) is 12.1 Å². The number of hydrogen-bond acceptors (Lipinski definition) is 4. The van der Waals surface area contributed by atoms with Gasteiger partial charge in [0.25, 0.3) is 0 Å². The summed E-state index contributed by atoms with van der Waals surface area (Å²) < 4.78 is 11.9. The number of para-hydroxylation sites is 1. The number of urea groups is 1. The Labute approximate surface area is 170 Å². The molecule has 1 aliphatic rings. The van der Waals surface area contributed by atoms with Gasteiger partial charge in [-0.1, -0.05) is 18.2 Å². The molecule has 2 aromatic carbocycles. The summed E-state index contributed by atoms with van der Waals surface area (Å²) in [5.74, 6) is 2.38. The highest BCUT2D eigenvalue weighted by Gasteiger charge is 2.24. The first-order chi connectivity index (χ1) is 14.3. The number of carbonyl (C=O) groups excluding carboxylic acids is 1. The summed E-state index contributed by atoms with van der Waals surface area (Å²) in [6, 6.07) is 20.8. The van der Waals surface area contributed by atoms with E-state index in [0.717, 1.165) is 30.1 Å². The number of likely N-dealkylation sites (tertiary alicyclic amines) is 1. The van der Waals surface area contributed by atoms with E-state index in [1.54, 1.807) is 18.5 Å². The number of nitrogens with zero attached hydrogens (tertiary/aromatic N) is 2. The highest BCUT2D eigenvalue weighted by atomic mass is 16.5. The Hall–Kier alpha value is -3.54. The first-order valence-electron chi connectivity index (χ1n) is 9.72. The van der Waals surface area contributed by atoms with Gasteiger partial charge in [-0.3, -0.25) is 4.98 Å². The van der Waals surface area contributed by atoms with E-state index in [4.69, 9.17) is 9.47 Å². The number of anilines is 1. The molecule has 0 atom stereocenters. The Bertz CT molecular complexity index is 909. The Morgan fingerprint density at radius 1 is 0.897 bits per heavy atom. The molecule has 0 radical (unpaired) electrons. The van der Waals surface area contributed by atoms with Gasteiger partial charge in [-0.2, -0.15) is 0 Å². The number of rotatable bonds is 5. The van der Waals surface area contributed by atoms with Crippen LogP contribution in [0.15, 0.2) is 79.1 Å². The number of carbonyl (C=O) groups is 1. The van der Waals surface area contributed by atoms with E-state index in [1.807, 2.05) is 65.6 Å². The molecule has 1 fully saturated rings. The Kier molecular flexibility index (Phi) is 5.90. The molecule has 1 saturated heterocycles. The highest BCUT2D eigenvalue weighted by molar-refractivity contribution is 5.89. The summed E-state index contributed by atoms with van der Waals surface area (Å²) in [6.07, 6.45) is 5.00. The maximum absolute atomic E-state index is 12.4. The number of ether oxygens (including phenoxy) is 2. The molecular weight excluding hydrogens is 366 g/mol. The van der Waals surface area contributed by atoms with Crippen molar-refractivity contribution in [1.29, 1.82) is 0 Å². The molecule has 1 aliphatic heterocycles. The lowest BCUT2D eigenvalue weighted by atomic mass is 10.1. The van der Waals surface area contributed by atoms with E-state index in [0.29, 0.717) is 18.8 Å². The number of amides is 2. The molecule has 1 N–H and O–H groups in total. The molecule has 29 heavy (non-hydrogen) atoms. The van der Waals surface area contributed by atoms with Gasteiger partial charge in [-0.25, -0.2) is 4.79 Å². The van der Waals surface area contributed by atoms with Crippen molar-refractivity contribution < 1.29 is 14.3 Å². The van der Waals surface area contributed by atoms with E-state index in [9.17, 15) is 4.79 Å². The monoisotopic (exact) mass is 389 g/mol. The zero-order valence-electron chi connectivity index (χ0n) is 16.0. The van der Waals surface area contributed by atoms with Gasteiger partial charge in [0.2, 0.25) is 0 Å². The first kappa shape index (κ1) is 18.8. The second-order valence-electron chi connectivity index (χ2n) is 6.86. The molecule has 148 valence electrons. The lowest BCUT2D eigenvalue weighted by Crippen LogP contribution is -2.43. The van der Waals surface area contributed by atoms with Crippen molar-refractivity contribution in [3.63, 3.8) is 0 Å². The van der Waals surface area contributed by atoms with Crippen molar-refractivity contribution in [3.05, 3.63) is 79.1 Å². The van der Waals surface area contributed by atoms with Crippen LogP contribution in [0.25, 0.3) is 0 Å². The van der Waals surface area contributed by atoms with Gasteiger partial charge in [0.1, 0.15) is 23.4 Å². The van der Waals surface area contributed by atoms with Crippen LogP contribution in [0.1, 0.15) is 12.8 Å². The number of benzene rings is 2. The number of nitrogens with one attached hydrogen (secondary N) is 1. The van der Waals surface area contributed by atoms with Crippen LogP contribution >= 0.6 is 0 Å². The van der Waals surface area contributed by atoms with Crippen molar-refractivity contribution in [1.82, 2.24) is 9.88 Å². The molecule has 2 heterocycles. The lowest BCUT2D eigenvalue weighted by molar-refractivity contribution is 0.115. The van der Waals surface area contributed by atoms with E-state index >= 15 is 0 Å². The van der Waals surface area contributed by atoms with Crippen molar-refractivity contribution in [2.45, 2.75) is 18.9 Å². The van der Waals surface area contributed by atoms with Crippen molar-refractivity contribution in [2.24, 2.45) is 0 Å². The smallest absolute Gasteiger partial charge is 0.321 e. The Morgan fingerprint density at radius 3 is 2.28 bits per heavy atom. The number of piperidine rings is 1. The van der Waals surface area contributed by atoms with Crippen LogP contribution in [-0.2, 0) is 0 Å². The van der Waals surface area contributed by atoms with Crippen LogP contribution in [0, 0.1) is 0 Å². The topological polar surface area (TPSA) is 63.7 Å². The maximum atomic E-state index is 12.4. The van der Waals surface area contributed by atoms with Gasteiger partial charge in [-0.15, -0.1) is 0 Å². The molecule has 2 amide bonds. The number of hydrogen-bond donors (Lipinski definition) is 1. The van der Waals surface area contributed by atoms with E-state index in [1.165, 1.54) is 0 Å². The largest absolute Gasteiger partial charge is 0.490 e. The summed E-state index contributed by atoms with van der Waals surface area (Å²) in [5.41, 5.74) is 0.702. The third-order valence-corrected chi connectivity index (χ3v) is 4.75. The summed E-state index contributed by atoms with van der Waals surface area (Å²) in [4.78, 5) is 18.2. The predicted octanol–water partition coefficient (Wildman–Crippen LogP) is 4.95. The molecule has 4 rings (SSSR count). The summed E-state index contributed by atoms with van der Waals surface area (Å²) in [6.45, 7) is 1.32. The van der Waals surface area contributed by atoms with Gasteiger partial charge in [-0.05, 0) is 48.5 Å². The summed E-state index contributed by atoms with van der Waals surface area (Å²) in [5, 5.41) is 2.87. The minimum absolute atomic E-state index is 0.0957. The fourth-order valence-electron chi connectivity index (χ4n) is 3.22. The average molecular weight is 389 g/mol. The fourth-order valence-corrected chi connectivity index (χ4v) is 3.22. The van der Waals surface area contributed by atoms with Crippen molar-refractivity contribution >= 4 is 11.7 Å². The zero-order valence-corrected chi connectivity index (χ0v) is 16.0. The maximum Gasteiger partial charge on any atom is 0.321 e. The lowest BCUT2D eigenvalue weighted by Gasteiger charge is -2.32. The molecular formula is C23H23N3O3. The van der Waals surface area contributed by atoms with Crippen LogP contribution in [0.3, 0.4) is 0 Å². The number of pyridine rings is 1. The molecule has 0 saturated carbocycles. The minimum Gasteiger partial charge on any atom is -0.490 e. The predicted molar refractivity (Wildman–Crippen MR) is 111 cm³/mol. The van der Waals surface area contributed by atoms with Gasteiger partial charge in [0.05, 0.1) is 11.9 Å². The molecule has 0 unspecified atom stereocenters. The molecule has 0 bridgehead atoms. The fraction of sp³-hybridized carbons (Fsp3) is 0.217. The molecule has 0 aliphatic carbocycles. The Balaban J connectivity index is 1.24. The van der Waals surface area contributed by atoms with Crippen LogP contribution in [0.2, 0.25) is 0 Å². The van der Waals surface area contributed by atoms with Gasteiger partial charge in [0, 0.05) is 32.1 Å². The molecule has 6 nitrogen and oxygen atoms in total. The van der Waals surface area contributed by atoms with Crippen LogP contribution in [-0.4, -0.2) is 35.1 Å². The van der Waals surface area contributed by atoms with Crippen LogP contribution in [0.4, 0.5) is 10.5 Å². The molecule has 6 heteroatoms. The second-order valence-corrected chi connectivity index (χ2v) is 6.86. The number of aromatic nitrogens is 1. The van der Waals surface area contributed by atoms with Crippen LogP contribution in [0.5, 0.6) is 17.2 Å². The zero-order chi connectivity index (χ0) is 19.9. The normalized spacial score (nSPS) is 14.3. The van der Waals surface area contributed by atoms with Crippen molar-refractivity contribution in [2.75, 3.05) is 18.4 Å². The first-order valence-corrected chi connectivity index (χ1v) is 9.72. The van der Waals surface area contributed by atoms with E-state index in [2.05, 4.69) is 10.3 Å². The van der Waals surface area contributed by atoms with Gasteiger partial charge >= 0.3 is 6.03 Å². The Morgan fingerprint density at radius 2 is 1.59 bits per heavy atom. The van der Waals surface area contributed by atoms with Crippen molar-refractivity contribution in [3.8, 4) is 17.2 Å². The van der Waals surface area contributed by atoms with Gasteiger partial charge < -0.3 is 19.7 Å². The third kappa shape index (κ3) is 5.25. The molecule has 3 aromatic rings. The summed E-state index contributed by atoms with van der Waals surface area (Å²) >= 11 is 0. The molecule has 1 aromatic heterocycles. The minimum atomic E-state index is -0.0983. The molecule has 0 spiro atoms. The quantitative estimate of drug-likeness (QED) is 0.671. The van der Waals surface area contributed by atoms with Gasteiger partial charge in [0.15, 0.2) is 0 Å². The third-order valence-electron chi connectivity index (χ3n) is 4.75.